The van der Waals surface area contributed by atoms with E-state index in [1.54, 1.807) is 0 Å². The molecule has 2 aromatic carbocycles. The lowest BCUT2D eigenvalue weighted by molar-refractivity contribution is -0.0707. The van der Waals surface area contributed by atoms with Gasteiger partial charge in [-0.1, -0.05) is 72.6 Å². The van der Waals surface area contributed by atoms with Gasteiger partial charge in [0.1, 0.15) is 0 Å². The Balaban J connectivity index is 0.000000201. The van der Waals surface area contributed by atoms with Crippen molar-refractivity contribution >= 4 is 26.4 Å². The highest BCUT2D eigenvalue weighted by Gasteiger charge is 2.51. The van der Waals surface area contributed by atoms with E-state index in [0.29, 0.717) is 24.4 Å². The van der Waals surface area contributed by atoms with E-state index in [9.17, 15) is 0 Å². The van der Waals surface area contributed by atoms with Crippen LogP contribution in [-0.4, -0.2) is 97.0 Å². The minimum atomic E-state index is -0.295. The molecule has 2 aromatic rings. The Morgan fingerprint density at radius 2 is 0.769 bits per heavy atom. The summed E-state index contributed by atoms with van der Waals surface area (Å²) in [6.45, 7) is 31.1. The lowest BCUT2D eigenvalue weighted by Gasteiger charge is -2.35. The lowest BCUT2D eigenvalue weighted by Crippen LogP contribution is -2.44. The van der Waals surface area contributed by atoms with Gasteiger partial charge in [0, 0.05) is 39.3 Å². The van der Waals surface area contributed by atoms with E-state index in [0.717, 1.165) is 50.4 Å². The van der Waals surface area contributed by atoms with Gasteiger partial charge < -0.3 is 28.1 Å². The molecule has 4 atom stereocenters. The largest absolute Gasteiger partial charge is 0.487 e. The van der Waals surface area contributed by atoms with Crippen molar-refractivity contribution in [2.75, 3.05) is 26.2 Å². The molecule has 4 heterocycles. The molecule has 4 aliphatic rings. The molecule has 0 aromatic heterocycles. The van der Waals surface area contributed by atoms with Crippen molar-refractivity contribution in [3.05, 3.63) is 82.7 Å². The maximum Gasteiger partial charge on any atom is 0.487 e. The summed E-state index contributed by atoms with van der Waals surface area (Å²) in [6, 6.07) is 17.4. The molecule has 4 aliphatic heterocycles. The third kappa shape index (κ3) is 10.9. The molecule has 0 radical (unpaired) electrons. The van der Waals surface area contributed by atoms with Gasteiger partial charge >= 0.3 is 14.2 Å². The molecular weight excluding hydrogens is 650 g/mol. The van der Waals surface area contributed by atoms with Gasteiger partial charge in [0.2, 0.25) is 0 Å². The zero-order valence-corrected chi connectivity index (χ0v) is 34.0. The van der Waals surface area contributed by atoms with E-state index in [-0.39, 0.29) is 36.6 Å². The fourth-order valence-corrected chi connectivity index (χ4v) is 7.13. The fourth-order valence-electron chi connectivity index (χ4n) is 7.13. The maximum atomic E-state index is 6.00. The minimum absolute atomic E-state index is 0.293. The Labute approximate surface area is 315 Å². The molecule has 52 heavy (non-hydrogen) atoms. The molecular formula is C42H64B2N2O6. The first kappa shape index (κ1) is 40.9. The third-order valence-corrected chi connectivity index (χ3v) is 11.2. The van der Waals surface area contributed by atoms with Crippen molar-refractivity contribution in [2.45, 2.75) is 143 Å². The molecule has 0 spiro atoms. The number of rotatable bonds is 8. The molecule has 10 heteroatoms. The van der Waals surface area contributed by atoms with Crippen LogP contribution in [0.5, 0.6) is 0 Å². The Kier molecular flexibility index (Phi) is 13.1. The third-order valence-electron chi connectivity index (χ3n) is 11.2. The van der Waals surface area contributed by atoms with Crippen molar-refractivity contribution in [1.82, 2.24) is 9.80 Å². The second kappa shape index (κ2) is 16.6. The van der Waals surface area contributed by atoms with Gasteiger partial charge in [0.05, 0.1) is 46.8 Å². The van der Waals surface area contributed by atoms with Crippen LogP contribution in [0.25, 0.3) is 12.2 Å². The number of morpholine rings is 2. The second-order valence-electron chi connectivity index (χ2n) is 17.4. The first-order valence-corrected chi connectivity index (χ1v) is 19.3. The highest BCUT2D eigenvalue weighted by atomic mass is 16.7. The van der Waals surface area contributed by atoms with E-state index >= 15 is 0 Å². The summed E-state index contributed by atoms with van der Waals surface area (Å²) in [6.07, 6.45) is 5.37. The lowest BCUT2D eigenvalue weighted by atomic mass is 9.89. The Bertz CT molecular complexity index is 1340. The van der Waals surface area contributed by atoms with Crippen molar-refractivity contribution in [3.63, 3.8) is 0 Å². The quantitative estimate of drug-likeness (QED) is 0.256. The van der Waals surface area contributed by atoms with Crippen LogP contribution in [0.15, 0.2) is 60.5 Å². The Morgan fingerprint density at radius 3 is 1.04 bits per heavy atom. The van der Waals surface area contributed by atoms with Crippen molar-refractivity contribution in [1.29, 1.82) is 0 Å². The van der Waals surface area contributed by atoms with Gasteiger partial charge in [-0.2, -0.15) is 0 Å². The van der Waals surface area contributed by atoms with Crippen LogP contribution < -0.4 is 0 Å². The Hall–Kier alpha value is -2.27. The summed E-state index contributed by atoms with van der Waals surface area (Å²) >= 11 is 0. The van der Waals surface area contributed by atoms with Gasteiger partial charge in [-0.15, -0.1) is 0 Å². The summed E-state index contributed by atoms with van der Waals surface area (Å²) in [4.78, 5) is 4.93. The smallest absolute Gasteiger partial charge is 0.400 e. The molecule has 0 unspecified atom stereocenters. The van der Waals surface area contributed by atoms with E-state index < -0.39 is 0 Å². The van der Waals surface area contributed by atoms with E-state index in [4.69, 9.17) is 28.1 Å². The topological polar surface area (TPSA) is 61.9 Å². The summed E-state index contributed by atoms with van der Waals surface area (Å²) in [5.74, 6) is 3.99. The number of nitrogens with zero attached hydrogens (tertiary/aromatic N) is 2. The molecule has 0 bridgehead atoms. The van der Waals surface area contributed by atoms with Gasteiger partial charge in [-0.05, 0) is 105 Å². The van der Waals surface area contributed by atoms with Gasteiger partial charge in [0.25, 0.3) is 0 Å². The number of benzene rings is 2. The average molecular weight is 715 g/mol. The van der Waals surface area contributed by atoms with Crippen LogP contribution in [0.3, 0.4) is 0 Å². The standard InChI is InChI=1S/2C21H32BNO3/c2*1-16-13-23(14-17(2)24-16)15-19-9-7-18(8-10-19)11-12-22-25-20(3,4)21(5,6)26-22/h2*7-12,16-17H,13-15H2,1-6H3/t2*16-,17+. The fraction of sp³-hybridized carbons (Fsp3) is 0.619. The van der Waals surface area contributed by atoms with Crippen LogP contribution in [0.2, 0.25) is 0 Å². The molecule has 4 saturated heterocycles. The summed E-state index contributed by atoms with van der Waals surface area (Å²) in [7, 11) is -0.591. The Morgan fingerprint density at radius 1 is 0.500 bits per heavy atom. The molecule has 8 nitrogen and oxygen atoms in total. The van der Waals surface area contributed by atoms with E-state index in [2.05, 4.69) is 154 Å². The first-order valence-electron chi connectivity index (χ1n) is 19.3. The van der Waals surface area contributed by atoms with E-state index in [1.807, 2.05) is 12.0 Å². The molecule has 284 valence electrons. The SMILES string of the molecule is C[C@@H]1CN(Cc2ccc(C=CB3OC(C)(C)C(C)(C)O3)cc2)C[C@H](C)O1.C[C@@H]1CN(Cc2ccc(C=CB3OC(C)(C)C(C)(C)O3)cc2)C[C@H](C)O1. The predicted molar refractivity (Wildman–Crippen MR) is 214 cm³/mol. The normalized spacial score (nSPS) is 28.8. The molecule has 0 N–H and O–H groups in total. The zero-order valence-electron chi connectivity index (χ0n) is 34.0. The van der Waals surface area contributed by atoms with Crippen molar-refractivity contribution < 1.29 is 28.1 Å². The van der Waals surface area contributed by atoms with Crippen LogP contribution in [-0.2, 0) is 41.2 Å². The van der Waals surface area contributed by atoms with Gasteiger partial charge in [-0.3, -0.25) is 9.80 Å². The second-order valence-corrected chi connectivity index (χ2v) is 17.4. The zero-order chi connectivity index (χ0) is 37.9. The monoisotopic (exact) mass is 714 g/mol. The molecule has 4 fully saturated rings. The molecule has 0 saturated carbocycles. The predicted octanol–water partition coefficient (Wildman–Crippen LogP) is 7.88. The molecule has 6 rings (SSSR count). The number of hydrogen-bond acceptors (Lipinski definition) is 8. The molecule has 0 aliphatic carbocycles. The highest BCUT2D eigenvalue weighted by Crippen LogP contribution is 2.38. The molecule has 0 amide bonds. The summed E-state index contributed by atoms with van der Waals surface area (Å²) < 4.78 is 35.6. The van der Waals surface area contributed by atoms with Crippen LogP contribution >= 0.6 is 0 Å². The van der Waals surface area contributed by atoms with Gasteiger partial charge in [-0.25, -0.2) is 0 Å². The van der Waals surface area contributed by atoms with E-state index in [1.165, 1.54) is 11.1 Å². The van der Waals surface area contributed by atoms with Crippen LogP contribution in [0.4, 0.5) is 0 Å². The number of hydrogen-bond donors (Lipinski definition) is 0. The maximum absolute atomic E-state index is 6.00. The first-order chi connectivity index (χ1) is 24.3. The van der Waals surface area contributed by atoms with Crippen molar-refractivity contribution in [3.8, 4) is 0 Å². The summed E-state index contributed by atoms with van der Waals surface area (Å²) in [5, 5.41) is 0. The van der Waals surface area contributed by atoms with Gasteiger partial charge in [0.15, 0.2) is 0 Å². The summed E-state index contributed by atoms with van der Waals surface area (Å²) in [5.41, 5.74) is 3.81. The minimum Gasteiger partial charge on any atom is -0.400 e. The highest BCUT2D eigenvalue weighted by molar-refractivity contribution is 6.53. The van der Waals surface area contributed by atoms with Crippen LogP contribution in [0, 0.1) is 0 Å². The average Bonchev–Trinajstić information content (AvgIpc) is 3.38. The van der Waals surface area contributed by atoms with Crippen molar-refractivity contribution in [2.24, 2.45) is 0 Å². The van der Waals surface area contributed by atoms with Crippen LogP contribution in [0.1, 0.15) is 105 Å². The number of ether oxygens (including phenoxy) is 2.